The molecule has 0 aliphatic carbocycles. The summed E-state index contributed by atoms with van der Waals surface area (Å²) in [6.07, 6.45) is 1.89. The Bertz CT molecular complexity index is 419. The molecule has 1 unspecified atom stereocenters. The van der Waals surface area contributed by atoms with Crippen LogP contribution in [0.25, 0.3) is 0 Å². The van der Waals surface area contributed by atoms with Crippen molar-refractivity contribution in [2.45, 2.75) is 52.6 Å². The van der Waals surface area contributed by atoms with Crippen molar-refractivity contribution in [3.05, 3.63) is 0 Å². The summed E-state index contributed by atoms with van der Waals surface area (Å²) in [5.74, 6) is -1.46. The molecule has 1 fully saturated rings. The molecule has 0 spiro atoms. The number of rotatable bonds is 4. The summed E-state index contributed by atoms with van der Waals surface area (Å²) in [5, 5.41) is 0. The third-order valence-corrected chi connectivity index (χ3v) is 3.74. The monoisotopic (exact) mass is 313 g/mol. The molecule has 1 saturated heterocycles. The number of methoxy groups -OCH3 is 1. The summed E-state index contributed by atoms with van der Waals surface area (Å²) in [6, 6.07) is 0. The second kappa shape index (κ2) is 7.61. The van der Waals surface area contributed by atoms with E-state index in [1.165, 1.54) is 7.11 Å². The van der Waals surface area contributed by atoms with E-state index >= 15 is 0 Å². The molecule has 0 radical (unpaired) electrons. The minimum atomic E-state index is -0.795. The zero-order chi connectivity index (χ0) is 16.9. The van der Waals surface area contributed by atoms with Crippen LogP contribution in [0, 0.1) is 11.8 Å². The summed E-state index contributed by atoms with van der Waals surface area (Å²) in [6.45, 7) is 8.04. The molecular weight excluding hydrogens is 286 g/mol. The van der Waals surface area contributed by atoms with Crippen LogP contribution in [-0.2, 0) is 23.9 Å². The van der Waals surface area contributed by atoms with Crippen molar-refractivity contribution in [1.82, 2.24) is 4.90 Å². The van der Waals surface area contributed by atoms with E-state index in [-0.39, 0.29) is 17.8 Å². The van der Waals surface area contributed by atoms with Crippen molar-refractivity contribution in [2.75, 3.05) is 20.2 Å². The second-order valence-corrected chi connectivity index (χ2v) is 6.80. The van der Waals surface area contributed by atoms with E-state index in [1.807, 2.05) is 0 Å². The molecule has 0 aromatic heterocycles. The molecule has 126 valence electrons. The zero-order valence-electron chi connectivity index (χ0n) is 14.2. The van der Waals surface area contributed by atoms with Gasteiger partial charge in [0.2, 0.25) is 5.91 Å². The van der Waals surface area contributed by atoms with Crippen molar-refractivity contribution >= 4 is 17.8 Å². The van der Waals surface area contributed by atoms with E-state index in [9.17, 15) is 14.4 Å². The van der Waals surface area contributed by atoms with E-state index in [1.54, 1.807) is 32.6 Å². The standard InChI is InChI=1S/C16H27NO5/c1-11(15(20)22-16(2,3)4)14(19)17-8-6-12(7-9-17)10-13(18)21-5/h11-12H,6-10H2,1-5H3. The molecule has 1 atom stereocenters. The molecule has 1 aliphatic heterocycles. The number of piperidine rings is 1. The molecule has 0 aromatic carbocycles. The minimum Gasteiger partial charge on any atom is -0.469 e. The van der Waals surface area contributed by atoms with Gasteiger partial charge in [-0.1, -0.05) is 0 Å². The van der Waals surface area contributed by atoms with Crippen LogP contribution in [0.5, 0.6) is 0 Å². The third-order valence-electron chi connectivity index (χ3n) is 3.74. The highest BCUT2D eigenvalue weighted by Crippen LogP contribution is 2.23. The van der Waals surface area contributed by atoms with Crippen molar-refractivity contribution in [3.8, 4) is 0 Å². The fraction of sp³-hybridized carbons (Fsp3) is 0.812. The lowest BCUT2D eigenvalue weighted by atomic mass is 9.93. The minimum absolute atomic E-state index is 0.203. The van der Waals surface area contributed by atoms with Crippen molar-refractivity contribution in [3.63, 3.8) is 0 Å². The normalized spacial score (nSPS) is 17.8. The first-order valence-electron chi connectivity index (χ1n) is 7.72. The lowest BCUT2D eigenvalue weighted by molar-refractivity contribution is -0.164. The Morgan fingerprint density at radius 2 is 1.73 bits per heavy atom. The van der Waals surface area contributed by atoms with Gasteiger partial charge in [-0.15, -0.1) is 0 Å². The molecule has 0 saturated carbocycles. The smallest absolute Gasteiger partial charge is 0.318 e. The number of likely N-dealkylation sites (tertiary alicyclic amines) is 1. The molecule has 6 nitrogen and oxygen atoms in total. The summed E-state index contributed by atoms with van der Waals surface area (Å²) in [4.78, 5) is 37.2. The van der Waals surface area contributed by atoms with Crippen molar-refractivity contribution in [2.24, 2.45) is 11.8 Å². The Hall–Kier alpha value is -1.59. The number of hydrogen-bond acceptors (Lipinski definition) is 5. The number of esters is 2. The van der Waals surface area contributed by atoms with Crippen LogP contribution in [0.15, 0.2) is 0 Å². The van der Waals surface area contributed by atoms with Crippen LogP contribution >= 0.6 is 0 Å². The van der Waals surface area contributed by atoms with Gasteiger partial charge in [-0.25, -0.2) is 0 Å². The Morgan fingerprint density at radius 1 is 1.18 bits per heavy atom. The number of ether oxygens (including phenoxy) is 2. The van der Waals surface area contributed by atoms with E-state index in [2.05, 4.69) is 4.74 Å². The highest BCUT2D eigenvalue weighted by atomic mass is 16.6. The van der Waals surface area contributed by atoms with Gasteiger partial charge in [-0.2, -0.15) is 0 Å². The van der Waals surface area contributed by atoms with Crippen LogP contribution in [0.4, 0.5) is 0 Å². The molecule has 0 aromatic rings. The SMILES string of the molecule is COC(=O)CC1CCN(C(=O)C(C)C(=O)OC(C)(C)C)CC1. The van der Waals surface area contributed by atoms with Gasteiger partial charge in [0.05, 0.1) is 7.11 Å². The maximum absolute atomic E-state index is 12.3. The Balaban J connectivity index is 2.48. The van der Waals surface area contributed by atoms with E-state index in [4.69, 9.17) is 4.74 Å². The van der Waals surface area contributed by atoms with Crippen molar-refractivity contribution in [1.29, 1.82) is 0 Å². The van der Waals surface area contributed by atoms with E-state index in [0.29, 0.717) is 19.5 Å². The fourth-order valence-corrected chi connectivity index (χ4v) is 2.44. The largest absolute Gasteiger partial charge is 0.469 e. The summed E-state index contributed by atoms with van der Waals surface area (Å²) in [5.41, 5.74) is -0.598. The van der Waals surface area contributed by atoms with Gasteiger partial charge in [0.1, 0.15) is 11.5 Å². The number of nitrogens with zero attached hydrogens (tertiary/aromatic N) is 1. The topological polar surface area (TPSA) is 72.9 Å². The van der Waals surface area contributed by atoms with Crippen molar-refractivity contribution < 1.29 is 23.9 Å². The van der Waals surface area contributed by atoms with Gasteiger partial charge in [-0.3, -0.25) is 14.4 Å². The molecule has 0 bridgehead atoms. The highest BCUT2D eigenvalue weighted by Gasteiger charge is 2.32. The average Bonchev–Trinajstić information content (AvgIpc) is 2.44. The summed E-state index contributed by atoms with van der Waals surface area (Å²) in [7, 11) is 1.38. The number of carbonyl (C=O) groups excluding carboxylic acids is 3. The Morgan fingerprint density at radius 3 is 2.18 bits per heavy atom. The van der Waals surface area contributed by atoms with Crippen LogP contribution < -0.4 is 0 Å². The maximum atomic E-state index is 12.3. The number of hydrogen-bond donors (Lipinski definition) is 0. The first-order chi connectivity index (χ1) is 10.1. The molecule has 0 N–H and O–H groups in total. The van der Waals surface area contributed by atoms with Crippen LogP contribution in [0.3, 0.4) is 0 Å². The predicted molar refractivity (Wildman–Crippen MR) is 80.9 cm³/mol. The number of carbonyl (C=O) groups is 3. The third kappa shape index (κ3) is 5.66. The first-order valence-corrected chi connectivity index (χ1v) is 7.72. The van der Waals surface area contributed by atoms with Crippen LogP contribution in [-0.4, -0.2) is 48.5 Å². The van der Waals surface area contributed by atoms with E-state index in [0.717, 1.165) is 12.8 Å². The predicted octanol–water partition coefficient (Wildman–Crippen LogP) is 1.77. The van der Waals surface area contributed by atoms with Gasteiger partial charge < -0.3 is 14.4 Å². The highest BCUT2D eigenvalue weighted by molar-refractivity contribution is 5.97. The fourth-order valence-electron chi connectivity index (χ4n) is 2.44. The number of amides is 1. The second-order valence-electron chi connectivity index (χ2n) is 6.80. The van der Waals surface area contributed by atoms with Gasteiger partial charge >= 0.3 is 11.9 Å². The van der Waals surface area contributed by atoms with E-state index < -0.39 is 17.5 Å². The summed E-state index contributed by atoms with van der Waals surface area (Å²) >= 11 is 0. The zero-order valence-corrected chi connectivity index (χ0v) is 14.2. The lowest BCUT2D eigenvalue weighted by Gasteiger charge is -2.33. The van der Waals surface area contributed by atoms with Gasteiger partial charge in [0, 0.05) is 19.5 Å². The maximum Gasteiger partial charge on any atom is 0.318 e. The van der Waals surface area contributed by atoms with Gasteiger partial charge in [0.25, 0.3) is 0 Å². The van der Waals surface area contributed by atoms with Gasteiger partial charge in [0.15, 0.2) is 0 Å². The molecule has 1 aliphatic rings. The Labute approximate surface area is 132 Å². The summed E-state index contributed by atoms with van der Waals surface area (Å²) < 4.78 is 9.91. The van der Waals surface area contributed by atoms with Gasteiger partial charge in [-0.05, 0) is 46.5 Å². The first kappa shape index (κ1) is 18.5. The van der Waals surface area contributed by atoms with Crippen LogP contribution in [0.1, 0.15) is 47.0 Å². The Kier molecular flexibility index (Phi) is 6.38. The molecule has 1 rings (SSSR count). The molecular formula is C16H27NO5. The lowest BCUT2D eigenvalue weighted by Crippen LogP contribution is -2.44. The average molecular weight is 313 g/mol. The quantitative estimate of drug-likeness (QED) is 0.584. The molecule has 1 amide bonds. The van der Waals surface area contributed by atoms with Crippen LogP contribution in [0.2, 0.25) is 0 Å². The molecule has 1 heterocycles. The molecule has 22 heavy (non-hydrogen) atoms. The molecule has 6 heteroatoms.